The van der Waals surface area contributed by atoms with E-state index < -0.39 is 0 Å². The van der Waals surface area contributed by atoms with E-state index in [1.54, 1.807) is 0 Å². The minimum atomic E-state index is 0.0432. The molecule has 1 saturated heterocycles. The van der Waals surface area contributed by atoms with Crippen LogP contribution in [0.4, 0.5) is 0 Å². The van der Waals surface area contributed by atoms with Gasteiger partial charge in [0.2, 0.25) is 0 Å². The van der Waals surface area contributed by atoms with Crippen molar-refractivity contribution in [1.82, 2.24) is 10.6 Å². The fraction of sp³-hybridized carbons (Fsp3) is 0.833. The van der Waals surface area contributed by atoms with E-state index in [9.17, 15) is 4.70 Å². The van der Waals surface area contributed by atoms with Gasteiger partial charge < -0.3 is 0 Å². The van der Waals surface area contributed by atoms with E-state index >= 15 is 0 Å². The van der Waals surface area contributed by atoms with Crippen LogP contribution in [0, 0.1) is 0 Å². The summed E-state index contributed by atoms with van der Waals surface area (Å²) in [4.78, 5) is 0.691. The summed E-state index contributed by atoms with van der Waals surface area (Å²) in [7, 11) is 0.800. The molecule has 2 unspecified atom stereocenters. The van der Waals surface area contributed by atoms with E-state index in [0.717, 1.165) is 13.6 Å². The molecule has 66 valence electrons. The van der Waals surface area contributed by atoms with E-state index in [-0.39, 0.29) is 18.7 Å². The number of nitrogens with one attached hydrogen (secondary N) is 2. The van der Waals surface area contributed by atoms with Crippen LogP contribution >= 0.6 is 12.2 Å². The molecule has 2 atom stereocenters. The zero-order valence-corrected chi connectivity index (χ0v) is 7.43. The second-order valence-corrected chi connectivity index (χ2v) is 3.19. The first-order chi connectivity index (χ1) is 5.77. The average Bonchev–Trinajstić information content (AvgIpc) is 2.43. The van der Waals surface area contributed by atoms with Crippen molar-refractivity contribution in [1.29, 1.82) is 0 Å². The van der Waals surface area contributed by atoms with Crippen LogP contribution in [0.15, 0.2) is 0 Å². The number of aliphatic hydroxyl groups is 1. The van der Waals surface area contributed by atoms with Gasteiger partial charge in [-0.05, 0) is 0 Å². The van der Waals surface area contributed by atoms with Gasteiger partial charge in [0.1, 0.15) is 0 Å². The Morgan fingerprint density at radius 2 is 2.58 bits per heavy atom. The second kappa shape index (κ2) is 4.64. The van der Waals surface area contributed by atoms with Crippen LogP contribution in [-0.4, -0.2) is 42.4 Å². The Kier molecular flexibility index (Phi) is 3.77. The SMILES string of the molecule is O=BCNC1CC(CO)NC1=S. The van der Waals surface area contributed by atoms with Crippen LogP contribution < -0.4 is 10.6 Å². The molecule has 0 bridgehead atoms. The van der Waals surface area contributed by atoms with Crippen molar-refractivity contribution >= 4 is 24.4 Å². The monoisotopic (exact) mass is 186 g/mol. The minimum absolute atomic E-state index is 0.0432. The van der Waals surface area contributed by atoms with E-state index in [1.807, 2.05) is 0 Å². The molecule has 1 rings (SSSR count). The van der Waals surface area contributed by atoms with Gasteiger partial charge in [-0.15, -0.1) is 0 Å². The molecule has 0 aromatic carbocycles. The van der Waals surface area contributed by atoms with Crippen LogP contribution in [0.1, 0.15) is 6.42 Å². The van der Waals surface area contributed by atoms with Gasteiger partial charge in [0.15, 0.2) is 0 Å². The van der Waals surface area contributed by atoms with Crippen LogP contribution in [0.3, 0.4) is 0 Å². The van der Waals surface area contributed by atoms with Crippen LogP contribution in [0.25, 0.3) is 0 Å². The summed E-state index contributed by atoms with van der Waals surface area (Å²) in [6.45, 7) is 0.0827. The molecule has 4 nitrogen and oxygen atoms in total. The van der Waals surface area contributed by atoms with E-state index in [2.05, 4.69) is 10.6 Å². The molecule has 1 aliphatic heterocycles. The quantitative estimate of drug-likeness (QED) is 0.373. The van der Waals surface area contributed by atoms with E-state index in [4.69, 9.17) is 17.3 Å². The Morgan fingerprint density at radius 1 is 1.83 bits per heavy atom. The molecule has 1 heterocycles. The van der Waals surface area contributed by atoms with Crippen LogP contribution in [0.2, 0.25) is 0 Å². The Labute approximate surface area is 77.0 Å². The molecule has 0 aliphatic carbocycles. The number of hydrogen-bond acceptors (Lipinski definition) is 4. The molecule has 0 radical (unpaired) electrons. The Bertz CT molecular complexity index is 190. The van der Waals surface area contributed by atoms with Crippen molar-refractivity contribution in [3.63, 3.8) is 0 Å². The predicted octanol–water partition coefficient (Wildman–Crippen LogP) is -1.37. The zero-order valence-electron chi connectivity index (χ0n) is 6.62. The zero-order chi connectivity index (χ0) is 8.97. The maximum absolute atomic E-state index is 10.0. The predicted molar refractivity (Wildman–Crippen MR) is 49.5 cm³/mol. The molecule has 1 aliphatic rings. The fourth-order valence-corrected chi connectivity index (χ4v) is 1.59. The van der Waals surface area contributed by atoms with Gasteiger partial charge in [-0.1, -0.05) is 0 Å². The van der Waals surface area contributed by atoms with E-state index in [0.29, 0.717) is 11.4 Å². The second-order valence-electron chi connectivity index (χ2n) is 2.75. The van der Waals surface area contributed by atoms with Gasteiger partial charge in [-0.2, -0.15) is 0 Å². The third-order valence-electron chi connectivity index (χ3n) is 1.85. The molecule has 12 heavy (non-hydrogen) atoms. The number of hydrogen-bond donors (Lipinski definition) is 3. The van der Waals surface area contributed by atoms with E-state index in [1.165, 1.54) is 0 Å². The first kappa shape index (κ1) is 9.76. The summed E-state index contributed by atoms with van der Waals surface area (Å²) in [5.41, 5.74) is 0. The number of aliphatic hydroxyl groups excluding tert-OH is 1. The van der Waals surface area contributed by atoms with Crippen molar-refractivity contribution in [3.05, 3.63) is 0 Å². The molecule has 3 N–H and O–H groups in total. The first-order valence-electron chi connectivity index (χ1n) is 3.86. The molecule has 6 heteroatoms. The average molecular weight is 186 g/mol. The van der Waals surface area contributed by atoms with Crippen molar-refractivity contribution in [2.75, 3.05) is 13.1 Å². The molecule has 0 aromatic rings. The summed E-state index contributed by atoms with van der Waals surface area (Å²) in [6, 6.07) is 0.0870. The standard InChI is InChI=1S/C6H11BN2O2S/c10-2-4-1-5(6(12)9-4)8-3-7-11/h4-5,8,10H,1-3H2,(H,9,12). The van der Waals surface area contributed by atoms with Crippen molar-refractivity contribution in [3.8, 4) is 0 Å². The van der Waals surface area contributed by atoms with Gasteiger partial charge in [-0.25, -0.2) is 0 Å². The summed E-state index contributed by atoms with van der Waals surface area (Å²) >= 11 is 5.00. The molecule has 0 spiro atoms. The van der Waals surface area contributed by atoms with Gasteiger partial charge in [0.25, 0.3) is 0 Å². The van der Waals surface area contributed by atoms with Crippen LogP contribution in [0.5, 0.6) is 0 Å². The Balaban J connectivity index is 2.35. The summed E-state index contributed by atoms with van der Waals surface area (Å²) < 4.78 is 10.0. The third kappa shape index (κ3) is 2.33. The normalized spacial score (nSPS) is 28.2. The fourth-order valence-electron chi connectivity index (χ4n) is 1.24. The molecular formula is C6H11BN2O2S. The van der Waals surface area contributed by atoms with Gasteiger partial charge in [-0.3, -0.25) is 0 Å². The van der Waals surface area contributed by atoms with Crippen molar-refractivity contribution in [2.24, 2.45) is 0 Å². The van der Waals surface area contributed by atoms with Crippen molar-refractivity contribution in [2.45, 2.75) is 18.5 Å². The Hall–Kier alpha value is -0.325. The number of rotatable bonds is 4. The summed E-state index contributed by atoms with van der Waals surface area (Å²) in [6.07, 6.45) is 1.06. The molecule has 0 saturated carbocycles. The Morgan fingerprint density at radius 3 is 3.08 bits per heavy atom. The molecule has 0 aromatic heterocycles. The first-order valence-corrected chi connectivity index (χ1v) is 4.27. The summed E-state index contributed by atoms with van der Waals surface area (Å²) in [5.74, 6) is 0. The third-order valence-corrected chi connectivity index (χ3v) is 2.25. The number of thiocarbonyl (C=S) groups is 1. The van der Waals surface area contributed by atoms with Gasteiger partial charge >= 0.3 is 76.4 Å². The van der Waals surface area contributed by atoms with Crippen LogP contribution in [-0.2, 0) is 4.70 Å². The maximum atomic E-state index is 10.0. The van der Waals surface area contributed by atoms with Gasteiger partial charge in [0.05, 0.1) is 0 Å². The molecular weight excluding hydrogens is 175 g/mol. The summed E-state index contributed by atoms with van der Waals surface area (Å²) in [5, 5.41) is 14.7. The topological polar surface area (TPSA) is 61.4 Å². The van der Waals surface area contributed by atoms with Gasteiger partial charge in [0, 0.05) is 0 Å². The van der Waals surface area contributed by atoms with Crippen molar-refractivity contribution < 1.29 is 9.81 Å². The molecule has 1 fully saturated rings. The molecule has 0 amide bonds.